The van der Waals surface area contributed by atoms with Crippen LogP contribution in [0.5, 0.6) is 0 Å². The van der Waals surface area contributed by atoms with Crippen LogP contribution in [0, 0.1) is 0 Å². The van der Waals surface area contributed by atoms with Gasteiger partial charge in [0.1, 0.15) is 0 Å². The topological polar surface area (TPSA) is 39.7 Å². The molecule has 3 aromatic rings. The van der Waals surface area contributed by atoms with Crippen molar-refractivity contribution in [1.82, 2.24) is 14.8 Å². The molecule has 0 saturated carbocycles. The molecule has 3 aliphatic rings. The Balaban J connectivity index is 1.23. The Morgan fingerprint density at radius 1 is 0.968 bits per heavy atom. The SMILES string of the molecule is CN1CC2CCC(C1)N2c1cccc2c1C(=O)N(CCc1ccc3ccccc3n1)C2. The molecule has 2 fully saturated rings. The number of pyridine rings is 1. The lowest BCUT2D eigenvalue weighted by molar-refractivity contribution is 0.0780. The molecule has 5 heteroatoms. The third kappa shape index (κ3) is 3.19. The summed E-state index contributed by atoms with van der Waals surface area (Å²) < 4.78 is 0. The van der Waals surface area contributed by atoms with Gasteiger partial charge in [0.05, 0.1) is 16.8 Å². The second-order valence-corrected chi connectivity index (χ2v) is 9.30. The van der Waals surface area contributed by atoms with Crippen LogP contribution in [-0.4, -0.2) is 59.5 Å². The van der Waals surface area contributed by atoms with Gasteiger partial charge in [-0.1, -0.05) is 36.4 Å². The third-order valence-corrected chi connectivity index (χ3v) is 7.23. The van der Waals surface area contributed by atoms with Crippen LogP contribution in [0.25, 0.3) is 10.9 Å². The van der Waals surface area contributed by atoms with E-state index in [2.05, 4.69) is 53.2 Å². The second-order valence-electron chi connectivity index (χ2n) is 9.30. The van der Waals surface area contributed by atoms with E-state index >= 15 is 0 Å². The number of nitrogens with zero attached hydrogens (tertiary/aromatic N) is 4. The van der Waals surface area contributed by atoms with E-state index in [1.54, 1.807) is 0 Å². The highest BCUT2D eigenvalue weighted by atomic mass is 16.2. The average molecular weight is 413 g/mol. The number of fused-ring (bicyclic) bond motifs is 4. The predicted molar refractivity (Wildman–Crippen MR) is 123 cm³/mol. The lowest BCUT2D eigenvalue weighted by Crippen LogP contribution is -2.53. The summed E-state index contributed by atoms with van der Waals surface area (Å²) in [5.74, 6) is 0.185. The molecule has 0 spiro atoms. The first-order valence-electron chi connectivity index (χ1n) is 11.4. The van der Waals surface area contributed by atoms with Crippen molar-refractivity contribution in [1.29, 1.82) is 0 Å². The second kappa shape index (κ2) is 7.34. The summed E-state index contributed by atoms with van der Waals surface area (Å²) in [7, 11) is 2.21. The maximum atomic E-state index is 13.5. The van der Waals surface area contributed by atoms with Crippen LogP contribution < -0.4 is 4.90 Å². The smallest absolute Gasteiger partial charge is 0.256 e. The normalized spacial score (nSPS) is 23.1. The van der Waals surface area contributed by atoms with Crippen molar-refractivity contribution in [2.45, 2.75) is 37.9 Å². The number of aromatic nitrogens is 1. The monoisotopic (exact) mass is 412 g/mol. The Bertz CT molecular complexity index is 1150. The predicted octanol–water partition coefficient (Wildman–Crippen LogP) is 3.72. The molecule has 6 rings (SSSR count). The number of rotatable bonds is 4. The Morgan fingerprint density at radius 3 is 2.61 bits per heavy atom. The largest absolute Gasteiger partial charge is 0.362 e. The van der Waals surface area contributed by atoms with Crippen LogP contribution in [0.2, 0.25) is 0 Å². The lowest BCUT2D eigenvalue weighted by atomic mass is 10.0. The lowest BCUT2D eigenvalue weighted by Gasteiger charge is -2.41. The fourth-order valence-corrected chi connectivity index (χ4v) is 5.80. The number of carbonyl (C=O) groups excluding carboxylic acids is 1. The van der Waals surface area contributed by atoms with E-state index in [1.807, 2.05) is 23.1 Å². The highest BCUT2D eigenvalue weighted by Crippen LogP contribution is 2.39. The molecule has 0 radical (unpaired) electrons. The van der Waals surface area contributed by atoms with Crippen LogP contribution in [-0.2, 0) is 13.0 Å². The molecule has 0 N–H and O–H groups in total. The van der Waals surface area contributed by atoms with E-state index in [0.717, 1.165) is 47.4 Å². The standard InChI is InChI=1S/C26H28N4O/c1-28-16-21-11-12-22(17-28)30(21)24-8-4-6-19-15-29(26(31)25(19)24)14-13-20-10-9-18-5-2-3-7-23(18)27-20/h2-10,21-22H,11-17H2,1H3. The molecular weight excluding hydrogens is 384 g/mol. The number of piperazine rings is 1. The molecule has 158 valence electrons. The minimum atomic E-state index is 0.185. The average Bonchev–Trinajstić information content (AvgIpc) is 3.25. The first-order chi connectivity index (χ1) is 15.2. The van der Waals surface area contributed by atoms with E-state index in [4.69, 9.17) is 4.98 Å². The van der Waals surface area contributed by atoms with Gasteiger partial charge in [0, 0.05) is 55.8 Å². The highest BCUT2D eigenvalue weighted by molar-refractivity contribution is 6.04. The third-order valence-electron chi connectivity index (χ3n) is 7.23. The van der Waals surface area contributed by atoms with Crippen molar-refractivity contribution in [3.63, 3.8) is 0 Å². The van der Waals surface area contributed by atoms with Crippen LogP contribution in [0.15, 0.2) is 54.6 Å². The molecule has 1 amide bonds. The first-order valence-corrected chi connectivity index (χ1v) is 11.4. The number of benzene rings is 2. The quantitative estimate of drug-likeness (QED) is 0.655. The Hall–Kier alpha value is -2.92. The minimum absolute atomic E-state index is 0.185. The summed E-state index contributed by atoms with van der Waals surface area (Å²) in [6.45, 7) is 3.59. The van der Waals surface area contributed by atoms with E-state index < -0.39 is 0 Å². The van der Waals surface area contributed by atoms with Gasteiger partial charge in [-0.25, -0.2) is 0 Å². The summed E-state index contributed by atoms with van der Waals surface area (Å²) in [5, 5.41) is 1.15. The fraction of sp³-hybridized carbons (Fsp3) is 0.385. The molecule has 1 aromatic heterocycles. The molecule has 2 saturated heterocycles. The van der Waals surface area contributed by atoms with Crippen molar-refractivity contribution in [3.05, 3.63) is 71.4 Å². The van der Waals surface area contributed by atoms with Crippen LogP contribution in [0.3, 0.4) is 0 Å². The Labute approximate surface area is 183 Å². The Kier molecular flexibility index (Phi) is 4.46. The van der Waals surface area contributed by atoms with E-state index in [0.29, 0.717) is 25.2 Å². The van der Waals surface area contributed by atoms with Gasteiger partial charge < -0.3 is 14.7 Å². The number of hydrogen-bond donors (Lipinski definition) is 0. The van der Waals surface area contributed by atoms with E-state index in [9.17, 15) is 4.79 Å². The highest BCUT2D eigenvalue weighted by Gasteiger charge is 2.42. The number of hydrogen-bond acceptors (Lipinski definition) is 4. The van der Waals surface area contributed by atoms with Crippen LogP contribution >= 0.6 is 0 Å². The first kappa shape index (κ1) is 18.8. The summed E-state index contributed by atoms with van der Waals surface area (Å²) >= 11 is 0. The van der Waals surface area contributed by atoms with Gasteiger partial charge in [0.2, 0.25) is 0 Å². The molecule has 4 heterocycles. The van der Waals surface area contributed by atoms with Gasteiger partial charge in [-0.05, 0) is 43.7 Å². The molecule has 3 aliphatic heterocycles. The maximum Gasteiger partial charge on any atom is 0.256 e. The minimum Gasteiger partial charge on any atom is -0.362 e. The van der Waals surface area contributed by atoms with Crippen molar-refractivity contribution < 1.29 is 4.79 Å². The zero-order valence-corrected chi connectivity index (χ0v) is 18.0. The Morgan fingerprint density at radius 2 is 1.77 bits per heavy atom. The number of likely N-dealkylation sites (N-methyl/N-ethyl adjacent to an activating group) is 1. The molecule has 2 aromatic carbocycles. The number of anilines is 1. The zero-order chi connectivity index (χ0) is 20.9. The van der Waals surface area contributed by atoms with E-state index in [-0.39, 0.29) is 5.91 Å². The van der Waals surface area contributed by atoms with Crippen molar-refractivity contribution in [3.8, 4) is 0 Å². The van der Waals surface area contributed by atoms with Crippen molar-refractivity contribution >= 4 is 22.5 Å². The number of likely N-dealkylation sites (tertiary alicyclic amines) is 1. The van der Waals surface area contributed by atoms with Gasteiger partial charge >= 0.3 is 0 Å². The zero-order valence-electron chi connectivity index (χ0n) is 18.0. The van der Waals surface area contributed by atoms with Crippen molar-refractivity contribution in [2.75, 3.05) is 31.6 Å². The molecule has 2 unspecified atom stereocenters. The summed E-state index contributed by atoms with van der Waals surface area (Å²) in [6.07, 6.45) is 3.23. The van der Waals surface area contributed by atoms with Crippen molar-refractivity contribution in [2.24, 2.45) is 0 Å². The van der Waals surface area contributed by atoms with Crippen LogP contribution in [0.4, 0.5) is 5.69 Å². The fourth-order valence-electron chi connectivity index (χ4n) is 5.80. The number of amides is 1. The van der Waals surface area contributed by atoms with Gasteiger partial charge in [0.25, 0.3) is 5.91 Å². The van der Waals surface area contributed by atoms with Gasteiger partial charge in [0.15, 0.2) is 0 Å². The van der Waals surface area contributed by atoms with Gasteiger partial charge in [-0.2, -0.15) is 0 Å². The molecule has 5 nitrogen and oxygen atoms in total. The number of carbonyl (C=O) groups is 1. The summed E-state index contributed by atoms with van der Waals surface area (Å²) in [4.78, 5) is 25.2. The van der Waals surface area contributed by atoms with Gasteiger partial charge in [-0.15, -0.1) is 0 Å². The summed E-state index contributed by atoms with van der Waals surface area (Å²) in [6, 6.07) is 19.9. The van der Waals surface area contributed by atoms with E-state index in [1.165, 1.54) is 18.4 Å². The van der Waals surface area contributed by atoms with Crippen LogP contribution in [0.1, 0.15) is 34.5 Å². The van der Waals surface area contributed by atoms with Gasteiger partial charge in [-0.3, -0.25) is 9.78 Å². The molecule has 2 atom stereocenters. The molecule has 2 bridgehead atoms. The molecule has 0 aliphatic carbocycles. The molecular formula is C26H28N4O. The summed E-state index contributed by atoms with van der Waals surface area (Å²) in [5.41, 5.74) is 5.33. The maximum absolute atomic E-state index is 13.5. The number of para-hydroxylation sites is 1. The molecule has 31 heavy (non-hydrogen) atoms.